The molecule has 0 aliphatic heterocycles. The molecule has 3 aromatic rings. The Labute approximate surface area is 165 Å². The van der Waals surface area contributed by atoms with E-state index in [-0.39, 0.29) is 10.8 Å². The van der Waals surface area contributed by atoms with Gasteiger partial charge in [-0.3, -0.25) is 9.52 Å². The maximum atomic E-state index is 12.9. The summed E-state index contributed by atoms with van der Waals surface area (Å²) >= 11 is 0. The molecule has 6 heteroatoms. The van der Waals surface area contributed by atoms with E-state index in [1.165, 1.54) is 12.1 Å². The number of carbonyl (C=O) groups excluding carboxylic acids is 1. The van der Waals surface area contributed by atoms with Gasteiger partial charge in [0, 0.05) is 23.5 Å². The molecule has 0 heterocycles. The maximum Gasteiger partial charge on any atom is 0.261 e. The Kier molecular flexibility index (Phi) is 5.80. The van der Waals surface area contributed by atoms with Crippen molar-refractivity contribution in [3.8, 4) is 0 Å². The number of anilines is 2. The standard InChI is InChI=1S/C22H22N2O3S/c1-3-24(20-11-7-8-17(2)16-20)22(25)18-12-14-21(15-13-18)28(26,27)23-19-9-5-4-6-10-19/h4-16,23H,3H2,1-2H3. The molecule has 0 fully saturated rings. The summed E-state index contributed by atoms with van der Waals surface area (Å²) in [5.41, 5.74) is 2.80. The number of nitrogens with one attached hydrogen (secondary N) is 1. The molecular weight excluding hydrogens is 372 g/mol. The molecule has 0 radical (unpaired) electrons. The highest BCUT2D eigenvalue weighted by Crippen LogP contribution is 2.20. The number of rotatable bonds is 6. The zero-order valence-electron chi connectivity index (χ0n) is 15.8. The molecule has 3 aromatic carbocycles. The van der Waals surface area contributed by atoms with Gasteiger partial charge in [-0.25, -0.2) is 8.42 Å². The predicted octanol–water partition coefficient (Wildman–Crippen LogP) is 4.46. The van der Waals surface area contributed by atoms with Crippen LogP contribution in [0.3, 0.4) is 0 Å². The Morgan fingerprint density at radius 1 is 0.929 bits per heavy atom. The van der Waals surface area contributed by atoms with Crippen LogP contribution >= 0.6 is 0 Å². The van der Waals surface area contributed by atoms with Gasteiger partial charge in [-0.1, -0.05) is 30.3 Å². The van der Waals surface area contributed by atoms with E-state index in [0.717, 1.165) is 11.3 Å². The van der Waals surface area contributed by atoms with Crippen molar-refractivity contribution >= 4 is 27.3 Å². The van der Waals surface area contributed by atoms with Gasteiger partial charge in [0.05, 0.1) is 4.90 Å². The van der Waals surface area contributed by atoms with E-state index in [2.05, 4.69) is 4.72 Å². The number of hydrogen-bond acceptors (Lipinski definition) is 3. The first kappa shape index (κ1) is 19.6. The number of hydrogen-bond donors (Lipinski definition) is 1. The highest BCUT2D eigenvalue weighted by atomic mass is 32.2. The van der Waals surface area contributed by atoms with Crippen molar-refractivity contribution in [3.05, 3.63) is 90.0 Å². The molecule has 0 saturated heterocycles. The van der Waals surface area contributed by atoms with Gasteiger partial charge in [0.25, 0.3) is 15.9 Å². The number of nitrogens with zero attached hydrogens (tertiary/aromatic N) is 1. The number of sulfonamides is 1. The average Bonchev–Trinajstić information content (AvgIpc) is 2.69. The topological polar surface area (TPSA) is 66.5 Å². The quantitative estimate of drug-likeness (QED) is 0.671. The van der Waals surface area contributed by atoms with Crippen LogP contribution in [-0.2, 0) is 10.0 Å². The van der Waals surface area contributed by atoms with Crippen molar-refractivity contribution < 1.29 is 13.2 Å². The van der Waals surface area contributed by atoms with E-state index in [9.17, 15) is 13.2 Å². The van der Waals surface area contributed by atoms with Crippen LogP contribution in [0.25, 0.3) is 0 Å². The third-order valence-electron chi connectivity index (χ3n) is 4.31. The van der Waals surface area contributed by atoms with Gasteiger partial charge in [0.15, 0.2) is 0 Å². The normalized spacial score (nSPS) is 11.1. The first-order valence-corrected chi connectivity index (χ1v) is 10.5. The molecule has 3 rings (SSSR count). The molecule has 0 unspecified atom stereocenters. The lowest BCUT2D eigenvalue weighted by Gasteiger charge is -2.21. The second-order valence-corrected chi connectivity index (χ2v) is 8.07. The van der Waals surface area contributed by atoms with E-state index in [1.807, 2.05) is 44.2 Å². The van der Waals surface area contributed by atoms with Crippen LogP contribution in [0.15, 0.2) is 83.8 Å². The lowest BCUT2D eigenvalue weighted by Crippen LogP contribution is -2.30. The predicted molar refractivity (Wildman–Crippen MR) is 112 cm³/mol. The molecule has 0 bridgehead atoms. The average molecular weight is 394 g/mol. The summed E-state index contributed by atoms with van der Waals surface area (Å²) in [6.07, 6.45) is 0. The molecule has 5 nitrogen and oxygen atoms in total. The molecule has 0 spiro atoms. The van der Waals surface area contributed by atoms with E-state index in [4.69, 9.17) is 0 Å². The van der Waals surface area contributed by atoms with Crippen molar-refractivity contribution in [2.24, 2.45) is 0 Å². The summed E-state index contributed by atoms with van der Waals surface area (Å²) < 4.78 is 27.6. The van der Waals surface area contributed by atoms with Crippen LogP contribution in [-0.4, -0.2) is 20.9 Å². The molecule has 28 heavy (non-hydrogen) atoms. The summed E-state index contributed by atoms with van der Waals surface area (Å²) in [4.78, 5) is 14.7. The van der Waals surface area contributed by atoms with E-state index in [1.54, 1.807) is 41.3 Å². The van der Waals surface area contributed by atoms with E-state index in [0.29, 0.717) is 17.8 Å². The van der Waals surface area contributed by atoms with Crippen LogP contribution < -0.4 is 9.62 Å². The van der Waals surface area contributed by atoms with Crippen molar-refractivity contribution in [1.29, 1.82) is 0 Å². The molecule has 1 N–H and O–H groups in total. The lowest BCUT2D eigenvalue weighted by molar-refractivity contribution is 0.0988. The number of benzene rings is 3. The number of carbonyl (C=O) groups is 1. The van der Waals surface area contributed by atoms with E-state index < -0.39 is 10.0 Å². The molecule has 1 amide bonds. The molecule has 0 aromatic heterocycles. The highest BCUT2D eigenvalue weighted by Gasteiger charge is 2.19. The Morgan fingerprint density at radius 3 is 2.21 bits per heavy atom. The van der Waals surface area contributed by atoms with Crippen LogP contribution in [0.4, 0.5) is 11.4 Å². The van der Waals surface area contributed by atoms with Crippen LogP contribution in [0.5, 0.6) is 0 Å². The van der Waals surface area contributed by atoms with Crippen molar-refractivity contribution in [1.82, 2.24) is 0 Å². The molecular formula is C22H22N2O3S. The fraction of sp³-hybridized carbons (Fsp3) is 0.136. The minimum absolute atomic E-state index is 0.103. The van der Waals surface area contributed by atoms with Crippen LogP contribution in [0.1, 0.15) is 22.8 Å². The Balaban J connectivity index is 1.82. The first-order valence-electron chi connectivity index (χ1n) is 8.97. The van der Waals surface area contributed by atoms with Gasteiger partial charge in [0.2, 0.25) is 0 Å². The third kappa shape index (κ3) is 4.40. The summed E-state index contributed by atoms with van der Waals surface area (Å²) in [5.74, 6) is -0.173. The monoisotopic (exact) mass is 394 g/mol. The van der Waals surface area contributed by atoms with Gasteiger partial charge >= 0.3 is 0 Å². The van der Waals surface area contributed by atoms with Crippen molar-refractivity contribution in [2.45, 2.75) is 18.7 Å². The fourth-order valence-corrected chi connectivity index (χ4v) is 3.95. The fourth-order valence-electron chi connectivity index (χ4n) is 2.89. The van der Waals surface area contributed by atoms with Gasteiger partial charge in [-0.2, -0.15) is 0 Å². The molecule has 144 valence electrons. The molecule has 0 saturated carbocycles. The van der Waals surface area contributed by atoms with Crippen LogP contribution in [0.2, 0.25) is 0 Å². The van der Waals surface area contributed by atoms with Gasteiger partial charge in [-0.15, -0.1) is 0 Å². The van der Waals surface area contributed by atoms with Crippen LogP contribution in [0, 0.1) is 6.92 Å². The summed E-state index contributed by atoms with van der Waals surface area (Å²) in [6, 6.07) is 22.4. The van der Waals surface area contributed by atoms with Gasteiger partial charge < -0.3 is 4.90 Å². The molecule has 0 atom stereocenters. The van der Waals surface area contributed by atoms with Crippen molar-refractivity contribution in [2.75, 3.05) is 16.2 Å². The zero-order valence-corrected chi connectivity index (χ0v) is 16.6. The second kappa shape index (κ2) is 8.27. The van der Waals surface area contributed by atoms with E-state index >= 15 is 0 Å². The lowest BCUT2D eigenvalue weighted by atomic mass is 10.1. The first-order chi connectivity index (χ1) is 13.4. The number of para-hydroxylation sites is 1. The Bertz CT molecular complexity index is 1060. The number of aryl methyl sites for hydroxylation is 1. The second-order valence-electron chi connectivity index (χ2n) is 6.38. The van der Waals surface area contributed by atoms with Gasteiger partial charge in [-0.05, 0) is 67.9 Å². The van der Waals surface area contributed by atoms with Gasteiger partial charge in [0.1, 0.15) is 0 Å². The maximum absolute atomic E-state index is 12.9. The highest BCUT2D eigenvalue weighted by molar-refractivity contribution is 7.92. The zero-order chi connectivity index (χ0) is 20.1. The summed E-state index contributed by atoms with van der Waals surface area (Å²) in [5, 5.41) is 0. The Hall–Kier alpha value is -3.12. The number of amides is 1. The third-order valence-corrected chi connectivity index (χ3v) is 5.71. The minimum Gasteiger partial charge on any atom is -0.309 e. The SMILES string of the molecule is CCN(C(=O)c1ccc(S(=O)(=O)Nc2ccccc2)cc1)c1cccc(C)c1. The molecule has 0 aliphatic rings. The Morgan fingerprint density at radius 2 is 1.61 bits per heavy atom. The summed E-state index contributed by atoms with van der Waals surface area (Å²) in [6.45, 7) is 4.39. The summed E-state index contributed by atoms with van der Waals surface area (Å²) in [7, 11) is -3.71. The minimum atomic E-state index is -3.71. The van der Waals surface area contributed by atoms with Crippen molar-refractivity contribution in [3.63, 3.8) is 0 Å². The molecule has 0 aliphatic carbocycles. The largest absolute Gasteiger partial charge is 0.309 e. The smallest absolute Gasteiger partial charge is 0.261 e.